The Morgan fingerprint density at radius 1 is 1.21 bits per heavy atom. The number of thiophene rings is 1. The molecule has 2 fully saturated rings. The molecule has 0 unspecified atom stereocenters. The molecule has 0 spiro atoms. The molecule has 1 saturated heterocycles. The zero-order chi connectivity index (χ0) is 24.0. The Labute approximate surface area is 200 Å². The topological polar surface area (TPSA) is 79.0 Å². The van der Waals surface area contributed by atoms with Crippen molar-refractivity contribution in [1.82, 2.24) is 10.2 Å². The van der Waals surface area contributed by atoms with E-state index >= 15 is 0 Å². The Bertz CT molecular complexity index is 916. The molecule has 2 aliphatic rings. The first-order valence-electron chi connectivity index (χ1n) is 11.8. The zero-order valence-corrected chi connectivity index (χ0v) is 20.9. The van der Waals surface area contributed by atoms with Crippen LogP contribution in [0.4, 0.5) is 5.69 Å². The summed E-state index contributed by atoms with van der Waals surface area (Å²) in [7, 11) is 1.33. The van der Waals surface area contributed by atoms with Gasteiger partial charge in [0.15, 0.2) is 0 Å². The van der Waals surface area contributed by atoms with Gasteiger partial charge in [-0.1, -0.05) is 32.6 Å². The fraction of sp³-hybridized carbons (Fsp3) is 0.640. The minimum Gasteiger partial charge on any atom is -0.465 e. The third-order valence-corrected chi connectivity index (χ3v) is 7.27. The molecule has 2 amide bonds. The van der Waals surface area contributed by atoms with E-state index in [2.05, 4.69) is 24.1 Å². The van der Waals surface area contributed by atoms with Crippen molar-refractivity contribution in [2.75, 3.05) is 44.7 Å². The molecule has 1 aromatic rings. The number of piperazine rings is 1. The van der Waals surface area contributed by atoms with Gasteiger partial charge in [0, 0.05) is 38.0 Å². The molecular formula is C25H35N3O4S. The van der Waals surface area contributed by atoms with Gasteiger partial charge in [-0.25, -0.2) is 4.79 Å². The van der Waals surface area contributed by atoms with Crippen molar-refractivity contribution in [3.05, 3.63) is 15.8 Å². The summed E-state index contributed by atoms with van der Waals surface area (Å²) < 4.78 is 5.01. The van der Waals surface area contributed by atoms with Crippen LogP contribution in [-0.2, 0) is 14.3 Å². The number of nitrogens with one attached hydrogen (secondary N) is 1. The largest absolute Gasteiger partial charge is 0.465 e. The van der Waals surface area contributed by atoms with E-state index in [1.165, 1.54) is 23.3 Å². The third-order valence-electron chi connectivity index (χ3n) is 6.25. The predicted octanol–water partition coefficient (Wildman–Crippen LogP) is 3.13. The fourth-order valence-corrected chi connectivity index (χ4v) is 5.20. The summed E-state index contributed by atoms with van der Waals surface area (Å²) in [6.45, 7) is 8.81. The second kappa shape index (κ2) is 11.7. The van der Waals surface area contributed by atoms with Crippen LogP contribution >= 0.6 is 11.3 Å². The first-order chi connectivity index (χ1) is 15.8. The average Bonchev–Trinajstić information content (AvgIpc) is 3.25. The summed E-state index contributed by atoms with van der Waals surface area (Å²) in [6.07, 6.45) is 3.59. The molecule has 1 aliphatic heterocycles. The van der Waals surface area contributed by atoms with Crippen molar-refractivity contribution < 1.29 is 19.1 Å². The van der Waals surface area contributed by atoms with E-state index < -0.39 is 5.97 Å². The van der Waals surface area contributed by atoms with E-state index in [1.807, 2.05) is 13.8 Å². The van der Waals surface area contributed by atoms with Crippen LogP contribution in [0.25, 0.3) is 0 Å². The summed E-state index contributed by atoms with van der Waals surface area (Å²) in [4.78, 5) is 43.8. The lowest BCUT2D eigenvalue weighted by atomic mass is 9.82. The van der Waals surface area contributed by atoms with Gasteiger partial charge in [-0.3, -0.25) is 9.59 Å². The molecule has 0 radical (unpaired) electrons. The summed E-state index contributed by atoms with van der Waals surface area (Å²) in [5, 5.41) is 3.24. The number of carbonyl (C=O) groups excluding carboxylic acids is 3. The van der Waals surface area contributed by atoms with Gasteiger partial charge in [-0.05, 0) is 37.7 Å². The molecule has 0 bridgehead atoms. The van der Waals surface area contributed by atoms with Crippen LogP contribution in [0.2, 0.25) is 0 Å². The van der Waals surface area contributed by atoms with Crippen LogP contribution in [0, 0.1) is 29.6 Å². The number of anilines is 1. The fourth-order valence-electron chi connectivity index (χ4n) is 4.26. The van der Waals surface area contributed by atoms with E-state index in [0.29, 0.717) is 34.4 Å². The van der Waals surface area contributed by atoms with Crippen LogP contribution < -0.4 is 10.2 Å². The van der Waals surface area contributed by atoms with Gasteiger partial charge in [0.2, 0.25) is 11.8 Å². The predicted molar refractivity (Wildman–Crippen MR) is 130 cm³/mol. The second-order valence-corrected chi connectivity index (χ2v) is 10.3. The summed E-state index contributed by atoms with van der Waals surface area (Å²) >= 11 is 1.21. The number of methoxy groups -OCH3 is 1. The van der Waals surface area contributed by atoms with E-state index in [4.69, 9.17) is 4.74 Å². The Hall–Kier alpha value is -2.37. The Balaban J connectivity index is 1.96. The number of carbonyl (C=O) groups is 3. The molecule has 7 nitrogen and oxygen atoms in total. The number of hydrogen-bond donors (Lipinski definition) is 1. The Morgan fingerprint density at radius 3 is 2.48 bits per heavy atom. The molecule has 3 rings (SSSR count). The highest BCUT2D eigenvalue weighted by atomic mass is 32.1. The van der Waals surface area contributed by atoms with E-state index in [0.717, 1.165) is 38.8 Å². The van der Waals surface area contributed by atoms with E-state index in [1.54, 1.807) is 11.0 Å². The van der Waals surface area contributed by atoms with Crippen LogP contribution in [-0.4, -0.2) is 62.5 Å². The molecule has 33 heavy (non-hydrogen) atoms. The first kappa shape index (κ1) is 25.3. The van der Waals surface area contributed by atoms with Gasteiger partial charge in [-0.2, -0.15) is 0 Å². The van der Waals surface area contributed by atoms with Crippen LogP contribution in [0.3, 0.4) is 0 Å². The van der Waals surface area contributed by atoms with Crippen molar-refractivity contribution in [3.63, 3.8) is 0 Å². The lowest BCUT2D eigenvalue weighted by Gasteiger charge is -2.33. The molecule has 0 atom stereocenters. The highest BCUT2D eigenvalue weighted by molar-refractivity contribution is 7.15. The van der Waals surface area contributed by atoms with Crippen molar-refractivity contribution in [2.45, 2.75) is 46.5 Å². The van der Waals surface area contributed by atoms with Crippen LogP contribution in [0.5, 0.6) is 0 Å². The van der Waals surface area contributed by atoms with Gasteiger partial charge in [0.1, 0.15) is 11.4 Å². The lowest BCUT2D eigenvalue weighted by molar-refractivity contribution is -0.132. The van der Waals surface area contributed by atoms with Gasteiger partial charge in [0.05, 0.1) is 17.7 Å². The summed E-state index contributed by atoms with van der Waals surface area (Å²) in [5.41, 5.74) is 0.437. The first-order valence-corrected chi connectivity index (χ1v) is 12.6. The van der Waals surface area contributed by atoms with Crippen molar-refractivity contribution in [1.29, 1.82) is 0 Å². The molecule has 1 aromatic heterocycles. The van der Waals surface area contributed by atoms with Crippen molar-refractivity contribution in [2.24, 2.45) is 17.8 Å². The number of nitrogens with zero attached hydrogens (tertiary/aromatic N) is 2. The van der Waals surface area contributed by atoms with Gasteiger partial charge >= 0.3 is 5.97 Å². The Kier molecular flexibility index (Phi) is 8.93. The maximum Gasteiger partial charge on any atom is 0.350 e. The highest BCUT2D eigenvalue weighted by Crippen LogP contribution is 2.35. The quantitative estimate of drug-likeness (QED) is 0.525. The number of amides is 2. The van der Waals surface area contributed by atoms with E-state index in [-0.39, 0.29) is 30.2 Å². The third kappa shape index (κ3) is 6.58. The zero-order valence-electron chi connectivity index (χ0n) is 20.1. The maximum atomic E-state index is 13.7. The second-order valence-electron chi connectivity index (χ2n) is 9.25. The number of rotatable bonds is 5. The normalized spacial score (nSPS) is 20.7. The number of ether oxygens (including phenoxy) is 1. The SMILES string of the molecule is COC(=O)c1sc(C#CC(C)C)cc1N(CC(=O)N1CCNCC1)C(=O)C1CCC(C)CC1. The summed E-state index contributed by atoms with van der Waals surface area (Å²) in [5.74, 6) is 6.14. The molecular weight excluding hydrogens is 438 g/mol. The minimum atomic E-state index is -0.516. The Morgan fingerprint density at radius 2 is 1.88 bits per heavy atom. The molecule has 180 valence electrons. The standard InChI is InChI=1S/C25H35N3O4S/c1-17(2)5-10-20-15-21(23(33-20)25(31)32-4)28(16-22(29)27-13-11-26-12-14-27)24(30)19-8-6-18(3)7-9-19/h15,17-19,26H,6-9,11-14,16H2,1-4H3. The molecule has 1 aliphatic carbocycles. The van der Waals surface area contributed by atoms with E-state index in [9.17, 15) is 14.4 Å². The number of esters is 1. The summed E-state index contributed by atoms with van der Waals surface area (Å²) in [6, 6.07) is 1.76. The van der Waals surface area contributed by atoms with Crippen molar-refractivity contribution >= 4 is 34.8 Å². The molecule has 0 aromatic carbocycles. The highest BCUT2D eigenvalue weighted by Gasteiger charge is 2.34. The van der Waals surface area contributed by atoms with Gasteiger partial charge in [0.25, 0.3) is 0 Å². The monoisotopic (exact) mass is 473 g/mol. The average molecular weight is 474 g/mol. The van der Waals surface area contributed by atoms with Gasteiger partial charge in [-0.15, -0.1) is 11.3 Å². The van der Waals surface area contributed by atoms with Crippen LogP contribution in [0.1, 0.15) is 61.0 Å². The molecule has 1 N–H and O–H groups in total. The molecule has 8 heteroatoms. The molecule has 2 heterocycles. The lowest BCUT2D eigenvalue weighted by Crippen LogP contribution is -2.51. The van der Waals surface area contributed by atoms with Crippen LogP contribution in [0.15, 0.2) is 6.07 Å². The molecule has 1 saturated carbocycles. The smallest absolute Gasteiger partial charge is 0.350 e. The van der Waals surface area contributed by atoms with Gasteiger partial charge < -0.3 is 19.9 Å². The number of hydrogen-bond acceptors (Lipinski definition) is 6. The maximum absolute atomic E-state index is 13.7. The van der Waals surface area contributed by atoms with Crippen molar-refractivity contribution in [3.8, 4) is 11.8 Å². The minimum absolute atomic E-state index is 0.0807.